The molecule has 0 unspecified atom stereocenters. The number of hydrogen-bond acceptors (Lipinski definition) is 4. The van der Waals surface area contributed by atoms with Gasteiger partial charge in [0.1, 0.15) is 0 Å². The third-order valence-electron chi connectivity index (χ3n) is 5.59. The van der Waals surface area contributed by atoms with Gasteiger partial charge in [-0.3, -0.25) is 13.9 Å². The van der Waals surface area contributed by atoms with Crippen LogP contribution in [0.5, 0.6) is 0 Å². The smallest absolute Gasteiger partial charge is 0.255 e. The van der Waals surface area contributed by atoms with Crippen LogP contribution in [0.4, 0.5) is 11.4 Å². The van der Waals surface area contributed by atoms with Gasteiger partial charge in [0.05, 0.1) is 29.7 Å². The number of amides is 2. The van der Waals surface area contributed by atoms with Crippen LogP contribution in [0.1, 0.15) is 50.8 Å². The Morgan fingerprint density at radius 2 is 1.49 bits per heavy atom. The lowest BCUT2D eigenvalue weighted by Crippen LogP contribution is -2.30. The molecule has 3 rings (SSSR count). The quantitative estimate of drug-likeness (QED) is 0.453. The highest BCUT2D eigenvalue weighted by Gasteiger charge is 2.21. The Balaban J connectivity index is 1.79. The predicted molar refractivity (Wildman–Crippen MR) is 140 cm³/mol. The van der Waals surface area contributed by atoms with E-state index in [0.29, 0.717) is 29.0 Å². The summed E-state index contributed by atoms with van der Waals surface area (Å²) in [6.07, 6.45) is 2.00. The van der Waals surface area contributed by atoms with E-state index < -0.39 is 10.0 Å². The summed E-state index contributed by atoms with van der Waals surface area (Å²) in [5.74, 6) is -0.604. The molecule has 2 amide bonds. The normalized spacial score (nSPS) is 11.1. The van der Waals surface area contributed by atoms with Gasteiger partial charge in [0.15, 0.2) is 0 Å². The third-order valence-corrected chi connectivity index (χ3v) is 6.70. The molecule has 7 nitrogen and oxygen atoms in total. The minimum atomic E-state index is -3.53. The first-order valence-electron chi connectivity index (χ1n) is 11.4. The highest BCUT2D eigenvalue weighted by Crippen LogP contribution is 2.28. The van der Waals surface area contributed by atoms with Crippen molar-refractivity contribution in [3.05, 3.63) is 94.5 Å². The SMILES string of the molecule is CCCNC(=O)c1ccccc1NC(=O)c1ccc(CN(c2c(C)cccc2C)S(C)(=O)=O)cc1. The zero-order valence-corrected chi connectivity index (χ0v) is 21.3. The van der Waals surface area contributed by atoms with Gasteiger partial charge in [-0.05, 0) is 61.2 Å². The lowest BCUT2D eigenvalue weighted by Gasteiger charge is -2.26. The Kier molecular flexibility index (Phi) is 8.30. The van der Waals surface area contributed by atoms with Gasteiger partial charge >= 0.3 is 0 Å². The number of sulfonamides is 1. The lowest BCUT2D eigenvalue weighted by molar-refractivity contribution is 0.0954. The van der Waals surface area contributed by atoms with Crippen LogP contribution >= 0.6 is 0 Å². The van der Waals surface area contributed by atoms with Crippen LogP contribution in [0.15, 0.2) is 66.7 Å². The molecule has 2 N–H and O–H groups in total. The molecule has 0 fully saturated rings. The van der Waals surface area contributed by atoms with Crippen LogP contribution in [0, 0.1) is 13.8 Å². The molecule has 8 heteroatoms. The number of carbonyl (C=O) groups is 2. The lowest BCUT2D eigenvalue weighted by atomic mass is 10.1. The zero-order valence-electron chi connectivity index (χ0n) is 20.5. The van der Waals surface area contributed by atoms with Crippen LogP contribution in [0.3, 0.4) is 0 Å². The van der Waals surface area contributed by atoms with Gasteiger partial charge < -0.3 is 10.6 Å². The molecule has 0 aliphatic heterocycles. The van der Waals surface area contributed by atoms with E-state index in [1.807, 2.05) is 39.0 Å². The molecule has 0 bridgehead atoms. The second-order valence-corrected chi connectivity index (χ2v) is 10.4. The Bertz CT molecular complexity index is 1300. The molecule has 0 saturated carbocycles. The number of aryl methyl sites for hydroxylation is 2. The molecule has 3 aromatic carbocycles. The largest absolute Gasteiger partial charge is 0.352 e. The molecule has 0 radical (unpaired) electrons. The number of hydrogen-bond donors (Lipinski definition) is 2. The Labute approximate surface area is 207 Å². The second-order valence-electron chi connectivity index (χ2n) is 8.46. The number of rotatable bonds is 9. The van der Waals surface area contributed by atoms with Crippen LogP contribution in [0.25, 0.3) is 0 Å². The van der Waals surface area contributed by atoms with Crippen LogP contribution in [0.2, 0.25) is 0 Å². The van der Waals surface area contributed by atoms with E-state index >= 15 is 0 Å². The van der Waals surface area contributed by atoms with E-state index in [-0.39, 0.29) is 18.4 Å². The molecule has 0 heterocycles. The van der Waals surface area contributed by atoms with E-state index in [9.17, 15) is 18.0 Å². The first kappa shape index (κ1) is 26.0. The minimum absolute atomic E-state index is 0.146. The van der Waals surface area contributed by atoms with Crippen molar-refractivity contribution in [3.63, 3.8) is 0 Å². The van der Waals surface area contributed by atoms with Crippen molar-refractivity contribution in [2.45, 2.75) is 33.7 Å². The fourth-order valence-corrected chi connectivity index (χ4v) is 4.81. The van der Waals surface area contributed by atoms with Crippen LogP contribution in [-0.4, -0.2) is 33.0 Å². The number of nitrogens with zero attached hydrogens (tertiary/aromatic N) is 1. The van der Waals surface area contributed by atoms with E-state index in [2.05, 4.69) is 10.6 Å². The first-order chi connectivity index (χ1) is 16.6. The van der Waals surface area contributed by atoms with Gasteiger partial charge in [0.25, 0.3) is 11.8 Å². The molecular weight excluding hydrogens is 462 g/mol. The molecule has 184 valence electrons. The number of nitrogens with one attached hydrogen (secondary N) is 2. The highest BCUT2D eigenvalue weighted by molar-refractivity contribution is 7.92. The van der Waals surface area contributed by atoms with Crippen molar-refractivity contribution in [2.75, 3.05) is 22.4 Å². The van der Waals surface area contributed by atoms with Crippen LogP contribution in [-0.2, 0) is 16.6 Å². The van der Waals surface area contributed by atoms with Gasteiger partial charge in [0.2, 0.25) is 10.0 Å². The maximum absolute atomic E-state index is 12.9. The molecule has 0 atom stereocenters. The van der Waals surface area contributed by atoms with Crippen molar-refractivity contribution in [3.8, 4) is 0 Å². The zero-order chi connectivity index (χ0) is 25.6. The van der Waals surface area contributed by atoms with Gasteiger partial charge in [-0.15, -0.1) is 0 Å². The second kappa shape index (κ2) is 11.2. The Morgan fingerprint density at radius 1 is 0.857 bits per heavy atom. The molecule has 35 heavy (non-hydrogen) atoms. The summed E-state index contributed by atoms with van der Waals surface area (Å²) in [7, 11) is -3.53. The fourth-order valence-electron chi connectivity index (χ4n) is 3.81. The van der Waals surface area contributed by atoms with E-state index in [1.165, 1.54) is 10.6 Å². The molecule has 3 aromatic rings. The molecule has 0 aliphatic rings. The van der Waals surface area contributed by atoms with E-state index in [4.69, 9.17) is 0 Å². The maximum atomic E-state index is 12.9. The summed E-state index contributed by atoms with van der Waals surface area (Å²) in [4.78, 5) is 25.3. The summed E-state index contributed by atoms with van der Waals surface area (Å²) in [5, 5.41) is 5.62. The number of para-hydroxylation sites is 2. The molecule has 0 saturated heterocycles. The summed E-state index contributed by atoms with van der Waals surface area (Å²) >= 11 is 0. The van der Waals surface area contributed by atoms with Gasteiger partial charge in [-0.25, -0.2) is 8.42 Å². The Hall–Kier alpha value is -3.65. The average molecular weight is 494 g/mol. The van der Waals surface area contributed by atoms with Crippen molar-refractivity contribution in [1.82, 2.24) is 5.32 Å². The number of benzene rings is 3. The summed E-state index contributed by atoms with van der Waals surface area (Å²) in [6, 6.07) is 19.3. The molecule has 0 spiro atoms. The molecular formula is C27H31N3O4S. The molecule has 0 aliphatic carbocycles. The average Bonchev–Trinajstić information content (AvgIpc) is 2.82. The topological polar surface area (TPSA) is 95.6 Å². The van der Waals surface area contributed by atoms with Gasteiger partial charge in [-0.2, -0.15) is 0 Å². The highest BCUT2D eigenvalue weighted by atomic mass is 32.2. The third kappa shape index (κ3) is 6.48. The molecule has 0 aromatic heterocycles. The number of carbonyl (C=O) groups excluding carboxylic acids is 2. The van der Waals surface area contributed by atoms with Crippen LogP contribution < -0.4 is 14.9 Å². The van der Waals surface area contributed by atoms with E-state index in [1.54, 1.807) is 48.5 Å². The minimum Gasteiger partial charge on any atom is -0.352 e. The Morgan fingerprint density at radius 3 is 2.09 bits per heavy atom. The summed E-state index contributed by atoms with van der Waals surface area (Å²) in [5.41, 5.74) is 4.36. The van der Waals surface area contributed by atoms with E-state index in [0.717, 1.165) is 23.1 Å². The van der Waals surface area contributed by atoms with Gasteiger partial charge in [0, 0.05) is 12.1 Å². The summed E-state index contributed by atoms with van der Waals surface area (Å²) in [6.45, 7) is 6.43. The van der Waals surface area contributed by atoms with Crippen molar-refractivity contribution < 1.29 is 18.0 Å². The van der Waals surface area contributed by atoms with Crippen molar-refractivity contribution in [2.24, 2.45) is 0 Å². The first-order valence-corrected chi connectivity index (χ1v) is 13.3. The van der Waals surface area contributed by atoms with Crippen molar-refractivity contribution in [1.29, 1.82) is 0 Å². The summed E-state index contributed by atoms with van der Waals surface area (Å²) < 4.78 is 26.6. The fraction of sp³-hybridized carbons (Fsp3) is 0.259. The van der Waals surface area contributed by atoms with Crippen molar-refractivity contribution >= 4 is 33.2 Å². The van der Waals surface area contributed by atoms with Gasteiger partial charge in [-0.1, -0.05) is 49.4 Å². The standard InChI is InChI=1S/C27H31N3O4S/c1-5-17-28-27(32)23-11-6-7-12-24(23)29-26(31)22-15-13-21(14-16-22)18-30(35(4,33)34)25-19(2)9-8-10-20(25)3/h6-16H,5,17-18H2,1-4H3,(H,28,32)(H,29,31). The monoisotopic (exact) mass is 493 g/mol. The number of anilines is 2. The predicted octanol–water partition coefficient (Wildman–Crippen LogP) is 4.66. The maximum Gasteiger partial charge on any atom is 0.255 e.